The molecule has 0 aliphatic carbocycles. The molecule has 36 heavy (non-hydrogen) atoms. The van der Waals surface area contributed by atoms with Crippen LogP contribution in [0.25, 0.3) is 15.3 Å². The average Bonchev–Trinajstić information content (AvgIpc) is 3.19. The topological polar surface area (TPSA) is 101 Å². The van der Waals surface area contributed by atoms with E-state index in [9.17, 15) is 19.2 Å². The number of hydrogen-bond acceptors (Lipinski definition) is 7. The summed E-state index contributed by atoms with van der Waals surface area (Å²) in [6.07, 6.45) is -1.69. The van der Waals surface area contributed by atoms with Crippen LogP contribution in [0.2, 0.25) is 0 Å². The van der Waals surface area contributed by atoms with Crippen LogP contribution in [0.1, 0.15) is 44.5 Å². The zero-order chi connectivity index (χ0) is 26.0. The summed E-state index contributed by atoms with van der Waals surface area (Å²) in [6.45, 7) is 6.63. The predicted molar refractivity (Wildman–Crippen MR) is 135 cm³/mol. The molecule has 3 aromatic rings. The van der Waals surface area contributed by atoms with E-state index in [0.717, 1.165) is 15.3 Å². The van der Waals surface area contributed by atoms with Gasteiger partial charge in [0, 0.05) is 6.92 Å². The van der Waals surface area contributed by atoms with Crippen molar-refractivity contribution in [3.8, 4) is 5.69 Å². The average molecular weight is 558 g/mol. The Hall–Kier alpha value is -3.00. The zero-order valence-electron chi connectivity index (χ0n) is 20.6. The molecule has 0 radical (unpaired) electrons. The molecule has 0 spiro atoms. The van der Waals surface area contributed by atoms with Crippen LogP contribution in [-0.2, 0) is 23.8 Å². The molecule has 9 heteroatoms. The summed E-state index contributed by atoms with van der Waals surface area (Å²) >= 11 is -0.157. The molecule has 0 bridgehead atoms. The molecule has 2 unspecified atom stereocenters. The van der Waals surface area contributed by atoms with E-state index in [-0.39, 0.29) is 50.9 Å². The van der Waals surface area contributed by atoms with Crippen molar-refractivity contribution in [2.24, 2.45) is 11.8 Å². The van der Waals surface area contributed by atoms with Crippen LogP contribution < -0.4 is 5.56 Å². The summed E-state index contributed by atoms with van der Waals surface area (Å²) in [6, 6.07) is 14.5. The van der Waals surface area contributed by atoms with Crippen molar-refractivity contribution in [1.82, 2.24) is 3.56 Å². The minimum absolute atomic E-state index is 0.00292. The molecule has 1 aliphatic rings. The maximum absolute atomic E-state index is 13.2. The number of carbonyl (C=O) groups is 3. The van der Waals surface area contributed by atoms with Gasteiger partial charge in [0.05, 0.1) is 0 Å². The number of hydrogen-bond donors (Lipinski definition) is 0. The standard InChI is InChI=1S/C27H29NO7Se/c1-15-16(2)26(34-18(4)30)23(35-24(15)14-33-17(3)29)13-22(31)19-9-11-20(12-10-19)28-27(32)21-7-5-6-8-25(21)36-28/h5-12,15-16,23-24,26H,13-14H2,1-4H3/t15-,16-,23-,24?,26?/m0/s1. The van der Waals surface area contributed by atoms with Gasteiger partial charge in [-0.25, -0.2) is 0 Å². The molecule has 0 amide bonds. The van der Waals surface area contributed by atoms with E-state index in [1.54, 1.807) is 27.8 Å². The van der Waals surface area contributed by atoms with E-state index in [1.807, 2.05) is 38.1 Å². The van der Waals surface area contributed by atoms with Gasteiger partial charge in [-0.05, 0) is 0 Å². The third kappa shape index (κ3) is 5.53. The van der Waals surface area contributed by atoms with Gasteiger partial charge in [-0.3, -0.25) is 4.79 Å². The minimum atomic E-state index is -0.675. The molecule has 2 aromatic carbocycles. The number of benzene rings is 2. The molecule has 190 valence electrons. The Kier molecular flexibility index (Phi) is 7.93. The first-order valence-electron chi connectivity index (χ1n) is 11.9. The number of aromatic nitrogens is 1. The second-order valence-corrected chi connectivity index (χ2v) is 11.2. The predicted octanol–water partition coefficient (Wildman–Crippen LogP) is 3.15. The van der Waals surface area contributed by atoms with Crippen LogP contribution in [-0.4, -0.2) is 60.9 Å². The van der Waals surface area contributed by atoms with E-state index in [1.165, 1.54) is 13.8 Å². The molecule has 5 atom stereocenters. The molecule has 4 rings (SSSR count). The first-order chi connectivity index (χ1) is 17.2. The quantitative estimate of drug-likeness (QED) is 0.250. The molecule has 0 N–H and O–H groups in total. The van der Waals surface area contributed by atoms with E-state index in [0.29, 0.717) is 5.56 Å². The van der Waals surface area contributed by atoms with Gasteiger partial charge in [-0.2, -0.15) is 0 Å². The third-order valence-electron chi connectivity index (χ3n) is 6.70. The Morgan fingerprint density at radius 3 is 2.28 bits per heavy atom. The number of ketones is 1. The van der Waals surface area contributed by atoms with Crippen LogP contribution in [0.3, 0.4) is 0 Å². The summed E-state index contributed by atoms with van der Waals surface area (Å²) in [5.41, 5.74) is 1.18. The zero-order valence-corrected chi connectivity index (χ0v) is 22.3. The molecule has 2 heterocycles. The maximum atomic E-state index is 13.2. The number of ether oxygens (including phenoxy) is 3. The molecule has 1 fully saturated rings. The molecule has 0 saturated carbocycles. The van der Waals surface area contributed by atoms with Crippen molar-refractivity contribution in [1.29, 1.82) is 0 Å². The molecule has 1 saturated heterocycles. The summed E-state index contributed by atoms with van der Waals surface area (Å²) < 4.78 is 19.7. The fourth-order valence-corrected chi connectivity index (χ4v) is 6.65. The van der Waals surface area contributed by atoms with Gasteiger partial charge in [0.2, 0.25) is 0 Å². The van der Waals surface area contributed by atoms with Gasteiger partial charge in [-0.1, -0.05) is 0 Å². The molecular formula is C27H29NO7Se. The van der Waals surface area contributed by atoms with E-state index in [2.05, 4.69) is 0 Å². The monoisotopic (exact) mass is 559 g/mol. The van der Waals surface area contributed by atoms with E-state index >= 15 is 0 Å². The first kappa shape index (κ1) is 26.1. The van der Waals surface area contributed by atoms with Gasteiger partial charge in [-0.15, -0.1) is 0 Å². The third-order valence-corrected chi connectivity index (χ3v) is 9.04. The molecular weight excluding hydrogens is 529 g/mol. The fraction of sp³-hybridized carbons (Fsp3) is 0.407. The van der Waals surface area contributed by atoms with Gasteiger partial charge in [0.1, 0.15) is 0 Å². The van der Waals surface area contributed by atoms with Crippen LogP contribution >= 0.6 is 0 Å². The van der Waals surface area contributed by atoms with Gasteiger partial charge in [0.15, 0.2) is 0 Å². The number of rotatable bonds is 7. The van der Waals surface area contributed by atoms with Gasteiger partial charge >= 0.3 is 204 Å². The number of carbonyl (C=O) groups excluding carboxylic acids is 3. The normalized spacial score (nSPS) is 23.8. The summed E-state index contributed by atoms with van der Waals surface area (Å²) in [7, 11) is 0. The van der Waals surface area contributed by atoms with Crippen LogP contribution in [0.4, 0.5) is 0 Å². The Bertz CT molecular complexity index is 1320. The molecule has 1 aliphatic heterocycles. The number of nitrogens with zero attached hydrogens (tertiary/aromatic N) is 1. The van der Waals surface area contributed by atoms with Crippen molar-refractivity contribution in [3.05, 3.63) is 64.4 Å². The second-order valence-electron chi connectivity index (χ2n) is 9.17. The summed E-state index contributed by atoms with van der Waals surface area (Å²) in [5.74, 6) is -1.18. The van der Waals surface area contributed by atoms with Crippen LogP contribution in [0.5, 0.6) is 0 Å². The Labute approximate surface area is 215 Å². The molecule has 1 aromatic heterocycles. The van der Waals surface area contributed by atoms with Crippen molar-refractivity contribution in [2.75, 3.05) is 6.61 Å². The van der Waals surface area contributed by atoms with Gasteiger partial charge < -0.3 is 0 Å². The van der Waals surface area contributed by atoms with Crippen LogP contribution in [0, 0.1) is 11.8 Å². The van der Waals surface area contributed by atoms with Crippen molar-refractivity contribution in [3.63, 3.8) is 0 Å². The number of esters is 2. The second kappa shape index (κ2) is 10.9. The number of Topliss-reactive ketones (excluding diaryl/α,β-unsaturated/α-hetero) is 1. The summed E-state index contributed by atoms with van der Waals surface area (Å²) in [4.78, 5) is 49.1. The molecule has 8 nitrogen and oxygen atoms in total. The summed E-state index contributed by atoms with van der Waals surface area (Å²) in [5, 5.41) is 0.718. The van der Waals surface area contributed by atoms with Crippen molar-refractivity contribution < 1.29 is 28.6 Å². The SMILES string of the molecule is CC(=O)OCC1O[C@@H](CC(=O)c2ccc(-n3[se]c4ccccc4c3=O)cc2)C(OC(C)=O)[C@@H](C)[C@@H]1C. The Morgan fingerprint density at radius 2 is 1.64 bits per heavy atom. The van der Waals surface area contributed by atoms with Crippen LogP contribution in [0.15, 0.2) is 53.3 Å². The number of fused-ring (bicyclic) bond motifs is 1. The Balaban J connectivity index is 1.53. The van der Waals surface area contributed by atoms with Crippen molar-refractivity contribution in [2.45, 2.75) is 52.4 Å². The van der Waals surface area contributed by atoms with E-state index < -0.39 is 30.3 Å². The Morgan fingerprint density at radius 1 is 0.944 bits per heavy atom. The van der Waals surface area contributed by atoms with E-state index in [4.69, 9.17) is 14.2 Å². The first-order valence-corrected chi connectivity index (χ1v) is 13.5. The van der Waals surface area contributed by atoms with Gasteiger partial charge in [0.25, 0.3) is 0 Å². The van der Waals surface area contributed by atoms with Crippen molar-refractivity contribution >= 4 is 42.1 Å². The fourth-order valence-electron chi connectivity index (χ4n) is 4.56.